The Balaban J connectivity index is 1.53. The first-order valence-corrected chi connectivity index (χ1v) is 8.49. The third-order valence-corrected chi connectivity index (χ3v) is 5.00. The highest BCUT2D eigenvalue weighted by atomic mass is 16.4. The van der Waals surface area contributed by atoms with Crippen molar-refractivity contribution in [3.63, 3.8) is 0 Å². The number of carbonyl (C=O) groups excluding carboxylic acids is 1. The molecule has 0 aliphatic carbocycles. The summed E-state index contributed by atoms with van der Waals surface area (Å²) in [4.78, 5) is 26.7. The number of amides is 2. The largest absolute Gasteiger partial charge is 0.465 e. The molecule has 2 aliphatic heterocycles. The van der Waals surface area contributed by atoms with Crippen LogP contribution in [-0.2, 0) is 6.42 Å². The molecule has 0 saturated carbocycles. The zero-order chi connectivity index (χ0) is 16.2. The Morgan fingerprint density at radius 3 is 2.13 bits per heavy atom. The van der Waals surface area contributed by atoms with Crippen molar-refractivity contribution in [2.45, 2.75) is 32.1 Å². The van der Waals surface area contributed by atoms with E-state index < -0.39 is 6.09 Å². The minimum atomic E-state index is -0.812. The van der Waals surface area contributed by atoms with E-state index in [0.717, 1.165) is 50.8 Å². The minimum absolute atomic E-state index is 0.142. The Hall–Kier alpha value is -2.04. The van der Waals surface area contributed by atoms with E-state index in [1.807, 2.05) is 29.2 Å². The van der Waals surface area contributed by atoms with Crippen LogP contribution in [-0.4, -0.2) is 53.1 Å². The second kappa shape index (κ2) is 7.02. The third kappa shape index (κ3) is 3.84. The van der Waals surface area contributed by atoms with Crippen molar-refractivity contribution >= 4 is 12.0 Å². The lowest BCUT2D eigenvalue weighted by Crippen LogP contribution is -2.37. The molecule has 2 saturated heterocycles. The van der Waals surface area contributed by atoms with Gasteiger partial charge in [-0.25, -0.2) is 4.79 Å². The molecule has 3 rings (SSSR count). The maximum absolute atomic E-state index is 12.3. The highest BCUT2D eigenvalue weighted by Crippen LogP contribution is 2.22. The minimum Gasteiger partial charge on any atom is -0.465 e. The van der Waals surface area contributed by atoms with Gasteiger partial charge < -0.3 is 14.9 Å². The highest BCUT2D eigenvalue weighted by Gasteiger charge is 2.23. The first-order chi connectivity index (χ1) is 11.1. The van der Waals surface area contributed by atoms with E-state index in [1.54, 1.807) is 0 Å². The van der Waals surface area contributed by atoms with Crippen molar-refractivity contribution in [1.82, 2.24) is 9.80 Å². The summed E-state index contributed by atoms with van der Waals surface area (Å²) in [7, 11) is 0. The molecule has 5 heteroatoms. The summed E-state index contributed by atoms with van der Waals surface area (Å²) in [5.41, 5.74) is 2.01. The predicted octanol–water partition coefficient (Wildman–Crippen LogP) is 2.86. The number of carboxylic acid groups (broad SMARTS) is 1. The van der Waals surface area contributed by atoms with Crippen molar-refractivity contribution in [3.8, 4) is 0 Å². The molecule has 2 fully saturated rings. The molecule has 1 aromatic carbocycles. The molecule has 2 aliphatic rings. The zero-order valence-electron chi connectivity index (χ0n) is 13.4. The van der Waals surface area contributed by atoms with Gasteiger partial charge in [0.15, 0.2) is 0 Å². The van der Waals surface area contributed by atoms with Crippen LogP contribution in [0.3, 0.4) is 0 Å². The number of hydrogen-bond donors (Lipinski definition) is 1. The molecule has 124 valence electrons. The lowest BCUT2D eigenvalue weighted by molar-refractivity contribution is 0.0792. The molecular formula is C18H24N2O3. The van der Waals surface area contributed by atoms with Gasteiger partial charge in [0.2, 0.25) is 0 Å². The van der Waals surface area contributed by atoms with Gasteiger partial charge in [-0.15, -0.1) is 0 Å². The molecule has 0 bridgehead atoms. The molecular weight excluding hydrogens is 292 g/mol. The number of rotatable bonds is 3. The van der Waals surface area contributed by atoms with Crippen molar-refractivity contribution in [2.24, 2.45) is 5.92 Å². The van der Waals surface area contributed by atoms with Gasteiger partial charge in [-0.1, -0.05) is 12.1 Å². The van der Waals surface area contributed by atoms with E-state index in [4.69, 9.17) is 5.11 Å². The standard InChI is InChI=1S/C18H24N2O3/c21-17(19-9-1-2-10-19)16-5-3-14(4-6-16)13-15-7-11-20(12-8-15)18(22)23/h3-6,15H,1-2,7-13H2,(H,22,23). The highest BCUT2D eigenvalue weighted by molar-refractivity contribution is 5.94. The molecule has 2 heterocycles. The van der Waals surface area contributed by atoms with Crippen LogP contribution in [0.15, 0.2) is 24.3 Å². The Morgan fingerprint density at radius 2 is 1.57 bits per heavy atom. The summed E-state index contributed by atoms with van der Waals surface area (Å²) in [6, 6.07) is 7.96. The van der Waals surface area contributed by atoms with Crippen LogP contribution in [0, 0.1) is 5.92 Å². The smallest absolute Gasteiger partial charge is 0.407 e. The first-order valence-electron chi connectivity index (χ1n) is 8.49. The van der Waals surface area contributed by atoms with Crippen LogP contribution >= 0.6 is 0 Å². The number of likely N-dealkylation sites (tertiary alicyclic amines) is 2. The summed E-state index contributed by atoms with van der Waals surface area (Å²) in [5.74, 6) is 0.676. The van der Waals surface area contributed by atoms with Crippen LogP contribution in [0.25, 0.3) is 0 Å². The molecule has 0 unspecified atom stereocenters. The number of nitrogens with zero attached hydrogens (tertiary/aromatic N) is 2. The summed E-state index contributed by atoms with van der Waals surface area (Å²) >= 11 is 0. The Labute approximate surface area is 136 Å². The van der Waals surface area contributed by atoms with Gasteiger partial charge in [0.05, 0.1) is 0 Å². The maximum atomic E-state index is 12.3. The Morgan fingerprint density at radius 1 is 0.957 bits per heavy atom. The summed E-state index contributed by atoms with van der Waals surface area (Å²) < 4.78 is 0. The van der Waals surface area contributed by atoms with Crippen LogP contribution < -0.4 is 0 Å². The van der Waals surface area contributed by atoms with E-state index >= 15 is 0 Å². The van der Waals surface area contributed by atoms with Gasteiger partial charge in [0.25, 0.3) is 5.91 Å². The normalized spacial score (nSPS) is 19.1. The zero-order valence-corrected chi connectivity index (χ0v) is 13.4. The summed E-state index contributed by atoms with van der Waals surface area (Å²) in [6.07, 6.45) is 4.21. The molecule has 1 N–H and O–H groups in total. The van der Waals surface area contributed by atoms with Crippen LogP contribution in [0.4, 0.5) is 4.79 Å². The summed E-state index contributed by atoms with van der Waals surface area (Å²) in [6.45, 7) is 3.02. The summed E-state index contributed by atoms with van der Waals surface area (Å²) in [5, 5.41) is 8.98. The fourth-order valence-corrected chi connectivity index (χ4v) is 3.55. The molecule has 2 amide bonds. The lowest BCUT2D eigenvalue weighted by atomic mass is 9.90. The molecule has 1 aromatic rings. The van der Waals surface area contributed by atoms with Gasteiger partial charge >= 0.3 is 6.09 Å². The van der Waals surface area contributed by atoms with E-state index in [9.17, 15) is 9.59 Å². The van der Waals surface area contributed by atoms with Crippen molar-refractivity contribution in [1.29, 1.82) is 0 Å². The molecule has 23 heavy (non-hydrogen) atoms. The number of carbonyl (C=O) groups is 2. The maximum Gasteiger partial charge on any atom is 0.407 e. The average Bonchev–Trinajstić information content (AvgIpc) is 3.10. The second-order valence-electron chi connectivity index (χ2n) is 6.61. The monoisotopic (exact) mass is 316 g/mol. The van der Waals surface area contributed by atoms with Crippen LogP contribution in [0.1, 0.15) is 41.6 Å². The van der Waals surface area contributed by atoms with Gasteiger partial charge in [-0.05, 0) is 55.7 Å². The number of benzene rings is 1. The molecule has 0 aromatic heterocycles. The Bertz CT molecular complexity index is 556. The molecule has 0 atom stereocenters. The predicted molar refractivity (Wildman–Crippen MR) is 87.6 cm³/mol. The quantitative estimate of drug-likeness (QED) is 0.933. The molecule has 0 spiro atoms. The second-order valence-corrected chi connectivity index (χ2v) is 6.61. The Kier molecular flexibility index (Phi) is 4.84. The van der Waals surface area contributed by atoms with E-state index in [2.05, 4.69) is 0 Å². The SMILES string of the molecule is O=C(O)N1CCC(Cc2ccc(C(=O)N3CCCC3)cc2)CC1. The number of hydrogen-bond acceptors (Lipinski definition) is 2. The van der Waals surface area contributed by atoms with Gasteiger partial charge in [-0.3, -0.25) is 4.79 Å². The van der Waals surface area contributed by atoms with E-state index in [0.29, 0.717) is 19.0 Å². The van der Waals surface area contributed by atoms with Crippen molar-refractivity contribution in [2.75, 3.05) is 26.2 Å². The lowest BCUT2D eigenvalue weighted by Gasteiger charge is -2.30. The van der Waals surface area contributed by atoms with Gasteiger partial charge in [0.1, 0.15) is 0 Å². The molecule has 5 nitrogen and oxygen atoms in total. The fourth-order valence-electron chi connectivity index (χ4n) is 3.55. The topological polar surface area (TPSA) is 60.9 Å². The van der Waals surface area contributed by atoms with Gasteiger partial charge in [-0.2, -0.15) is 0 Å². The van der Waals surface area contributed by atoms with E-state index in [1.165, 1.54) is 10.5 Å². The fraction of sp³-hybridized carbons (Fsp3) is 0.556. The van der Waals surface area contributed by atoms with Crippen LogP contribution in [0.2, 0.25) is 0 Å². The average molecular weight is 316 g/mol. The first kappa shape index (κ1) is 15.8. The van der Waals surface area contributed by atoms with Crippen LogP contribution in [0.5, 0.6) is 0 Å². The van der Waals surface area contributed by atoms with Crippen molar-refractivity contribution < 1.29 is 14.7 Å². The van der Waals surface area contributed by atoms with E-state index in [-0.39, 0.29) is 5.91 Å². The molecule has 0 radical (unpaired) electrons. The number of piperidine rings is 1. The van der Waals surface area contributed by atoms with Crippen molar-refractivity contribution in [3.05, 3.63) is 35.4 Å². The third-order valence-electron chi connectivity index (χ3n) is 5.00. The van der Waals surface area contributed by atoms with Gasteiger partial charge in [0, 0.05) is 31.7 Å².